The molecule has 0 bridgehead atoms. The summed E-state index contributed by atoms with van der Waals surface area (Å²) in [6.07, 6.45) is 10.6. The van der Waals surface area contributed by atoms with Crippen molar-refractivity contribution in [1.29, 1.82) is 0 Å². The average molecular weight is 513 g/mol. The lowest BCUT2D eigenvalue weighted by molar-refractivity contribution is 0.0143. The van der Waals surface area contributed by atoms with Gasteiger partial charge < -0.3 is 19.3 Å². The Morgan fingerprint density at radius 3 is 1.59 bits per heavy atom. The maximum Gasteiger partial charge on any atom is 0.339 e. The number of carboxylic acids is 1. The quantitative estimate of drug-likeness (QED) is 0.0698. The van der Waals surface area contributed by atoms with Gasteiger partial charge in [-0.15, -0.1) is 0 Å². The number of ether oxygens (including phenoxy) is 3. The van der Waals surface area contributed by atoms with Gasteiger partial charge in [-0.05, 0) is 25.0 Å². The van der Waals surface area contributed by atoms with Crippen LogP contribution >= 0.6 is 12.6 Å². The zero-order valence-electron chi connectivity index (χ0n) is 19.6. The van der Waals surface area contributed by atoms with Crippen LogP contribution in [-0.2, 0) is 20.6 Å². The molecule has 0 amide bonds. The lowest BCUT2D eigenvalue weighted by Crippen LogP contribution is -2.16. The van der Waals surface area contributed by atoms with Crippen molar-refractivity contribution < 1.29 is 41.7 Å². The number of thiol groups is 1. The van der Waals surface area contributed by atoms with E-state index in [1.165, 1.54) is 44.9 Å². The van der Waals surface area contributed by atoms with E-state index >= 15 is 0 Å². The molecule has 1 aromatic carbocycles. The highest BCUT2D eigenvalue weighted by molar-refractivity contribution is 7.80. The maximum atomic E-state index is 13.9. The molecule has 0 fully saturated rings. The molecule has 0 atom stereocenters. The van der Waals surface area contributed by atoms with Crippen LogP contribution in [-0.4, -0.2) is 56.5 Å². The Hall–Kier alpha value is -1.36. The van der Waals surface area contributed by atoms with Crippen molar-refractivity contribution in [3.8, 4) is 0 Å². The van der Waals surface area contributed by atoms with Gasteiger partial charge in [0.1, 0.15) is 5.56 Å². The van der Waals surface area contributed by atoms with Gasteiger partial charge in [-0.2, -0.15) is 12.6 Å². The number of unbranched alkanes of at least 4 members (excludes halogenated alkanes) is 8. The molecule has 0 spiro atoms. The van der Waals surface area contributed by atoms with Crippen LogP contribution in [0, 0.1) is 23.3 Å². The Balaban J connectivity index is 2.01. The van der Waals surface area contributed by atoms with Gasteiger partial charge in [0.25, 0.3) is 0 Å². The molecule has 10 heteroatoms. The van der Waals surface area contributed by atoms with Crippen molar-refractivity contribution in [3.05, 3.63) is 34.4 Å². The largest absolute Gasteiger partial charge is 0.478 e. The topological polar surface area (TPSA) is 65.0 Å². The normalized spacial score (nSPS) is 11.3. The molecule has 0 aromatic heterocycles. The van der Waals surface area contributed by atoms with E-state index in [0.717, 1.165) is 18.6 Å². The minimum atomic E-state index is -2.15. The van der Waals surface area contributed by atoms with Gasteiger partial charge in [0.2, 0.25) is 0 Å². The molecule has 34 heavy (non-hydrogen) atoms. The van der Waals surface area contributed by atoms with Gasteiger partial charge in [-0.3, -0.25) is 0 Å². The number of hydrogen-bond donors (Lipinski definition) is 2. The molecule has 0 saturated carbocycles. The molecule has 0 aliphatic heterocycles. The fraction of sp³-hybridized carbons (Fsp3) is 0.708. The van der Waals surface area contributed by atoms with Gasteiger partial charge in [-0.1, -0.05) is 44.9 Å². The number of hydrogen-bond acceptors (Lipinski definition) is 5. The molecule has 1 rings (SSSR count). The Labute approximate surface area is 204 Å². The Morgan fingerprint density at radius 1 is 0.618 bits per heavy atom. The standard InChI is InChI=1S/C24H36F4O5S/c25-20-18(19(24(29)30)21(26)23(28)22(20)27)10-12-32-14-16-33-15-13-31-11-8-6-4-2-1-3-5-7-9-17-34/h34H,1-17H2,(H,29,30). The van der Waals surface area contributed by atoms with E-state index in [4.69, 9.17) is 19.3 Å². The number of halogens is 4. The van der Waals surface area contributed by atoms with E-state index in [9.17, 15) is 22.4 Å². The number of rotatable bonds is 21. The SMILES string of the molecule is O=C(O)c1c(F)c(F)c(F)c(F)c1CCOCCOCCOCCCCCCCCCCCS. The summed E-state index contributed by atoms with van der Waals surface area (Å²) >= 11 is 4.21. The maximum absolute atomic E-state index is 13.9. The van der Waals surface area contributed by atoms with E-state index < -0.39 is 46.8 Å². The van der Waals surface area contributed by atoms with Crippen molar-refractivity contribution in [1.82, 2.24) is 0 Å². The molecule has 0 aliphatic carbocycles. The second-order valence-electron chi connectivity index (χ2n) is 7.91. The molecular formula is C24H36F4O5S. The first-order valence-corrected chi connectivity index (χ1v) is 12.5. The lowest BCUT2D eigenvalue weighted by Gasteiger charge is -2.11. The monoisotopic (exact) mass is 512 g/mol. The highest BCUT2D eigenvalue weighted by Crippen LogP contribution is 2.25. The third-order valence-electron chi connectivity index (χ3n) is 5.27. The number of carbonyl (C=O) groups is 1. The Kier molecular flexibility index (Phi) is 17.1. The first-order chi connectivity index (χ1) is 16.4. The third-order valence-corrected chi connectivity index (χ3v) is 5.58. The fourth-order valence-corrected chi connectivity index (χ4v) is 3.63. The zero-order chi connectivity index (χ0) is 25.2. The lowest BCUT2D eigenvalue weighted by atomic mass is 10.0. The van der Waals surface area contributed by atoms with Crippen molar-refractivity contribution in [2.24, 2.45) is 0 Å². The van der Waals surface area contributed by atoms with Crippen LogP contribution in [0.15, 0.2) is 0 Å². The summed E-state index contributed by atoms with van der Waals surface area (Å²) in [5.74, 6) is -8.76. The van der Waals surface area contributed by atoms with E-state index in [2.05, 4.69) is 12.6 Å². The third kappa shape index (κ3) is 11.9. The molecule has 0 aliphatic rings. The molecule has 5 nitrogen and oxygen atoms in total. The summed E-state index contributed by atoms with van der Waals surface area (Å²) in [5.41, 5.74) is -2.00. The van der Waals surface area contributed by atoms with E-state index in [0.29, 0.717) is 19.8 Å². The molecular weight excluding hydrogens is 476 g/mol. The Morgan fingerprint density at radius 2 is 1.06 bits per heavy atom. The number of benzene rings is 1. The number of aromatic carboxylic acids is 1. The van der Waals surface area contributed by atoms with Gasteiger partial charge >= 0.3 is 5.97 Å². The molecule has 0 saturated heterocycles. The molecule has 196 valence electrons. The fourth-order valence-electron chi connectivity index (χ4n) is 3.40. The Bertz CT molecular complexity index is 721. The van der Waals surface area contributed by atoms with E-state index in [1.807, 2.05) is 0 Å². The summed E-state index contributed by atoms with van der Waals surface area (Å²) in [6.45, 7) is 1.64. The van der Waals surface area contributed by atoms with Crippen LogP contribution in [0.25, 0.3) is 0 Å². The second kappa shape index (κ2) is 18.9. The van der Waals surface area contributed by atoms with Crippen molar-refractivity contribution in [3.63, 3.8) is 0 Å². The summed E-state index contributed by atoms with van der Waals surface area (Å²) in [7, 11) is 0. The van der Waals surface area contributed by atoms with Crippen molar-refractivity contribution in [2.45, 2.75) is 64.2 Å². The second-order valence-corrected chi connectivity index (χ2v) is 8.35. The molecule has 0 heterocycles. The van der Waals surface area contributed by atoms with E-state index in [1.54, 1.807) is 0 Å². The van der Waals surface area contributed by atoms with Gasteiger partial charge in [0.05, 0.1) is 33.0 Å². The van der Waals surface area contributed by atoms with Crippen molar-refractivity contribution >= 4 is 18.6 Å². The predicted molar refractivity (Wildman–Crippen MR) is 125 cm³/mol. The minimum Gasteiger partial charge on any atom is -0.478 e. The van der Waals surface area contributed by atoms with Gasteiger partial charge in [-0.25, -0.2) is 22.4 Å². The van der Waals surface area contributed by atoms with Crippen molar-refractivity contribution in [2.75, 3.05) is 45.4 Å². The van der Waals surface area contributed by atoms with E-state index in [-0.39, 0.29) is 19.8 Å². The molecule has 1 N–H and O–H groups in total. The highest BCUT2D eigenvalue weighted by atomic mass is 32.1. The van der Waals surface area contributed by atoms with Crippen LogP contribution in [0.5, 0.6) is 0 Å². The molecule has 0 unspecified atom stereocenters. The first-order valence-electron chi connectivity index (χ1n) is 11.8. The first kappa shape index (κ1) is 30.7. The summed E-state index contributed by atoms with van der Waals surface area (Å²) in [6, 6.07) is 0. The summed E-state index contributed by atoms with van der Waals surface area (Å²) in [4.78, 5) is 11.1. The van der Waals surface area contributed by atoms with Crippen LogP contribution in [0.1, 0.15) is 73.7 Å². The summed E-state index contributed by atoms with van der Waals surface area (Å²) in [5, 5.41) is 8.97. The van der Waals surface area contributed by atoms with Gasteiger partial charge in [0, 0.05) is 12.2 Å². The van der Waals surface area contributed by atoms with Crippen LogP contribution in [0.2, 0.25) is 0 Å². The van der Waals surface area contributed by atoms with Gasteiger partial charge in [0.15, 0.2) is 23.3 Å². The zero-order valence-corrected chi connectivity index (χ0v) is 20.5. The average Bonchev–Trinajstić information content (AvgIpc) is 2.82. The summed E-state index contributed by atoms with van der Waals surface area (Å²) < 4.78 is 70.2. The van der Waals surface area contributed by atoms with Crippen LogP contribution in [0.4, 0.5) is 17.6 Å². The van der Waals surface area contributed by atoms with Crippen LogP contribution < -0.4 is 0 Å². The van der Waals surface area contributed by atoms with Crippen LogP contribution in [0.3, 0.4) is 0 Å². The molecule has 0 radical (unpaired) electrons. The highest BCUT2D eigenvalue weighted by Gasteiger charge is 2.28. The minimum absolute atomic E-state index is 0.116. The number of carboxylic acid groups (broad SMARTS) is 1. The smallest absolute Gasteiger partial charge is 0.339 e. The predicted octanol–water partition coefficient (Wildman–Crippen LogP) is 5.97. The molecule has 1 aromatic rings.